The first kappa shape index (κ1) is 20.2. The number of aromatic nitrogens is 2. The highest BCUT2D eigenvalue weighted by atomic mass is 19.4. The van der Waals surface area contributed by atoms with Crippen molar-refractivity contribution in [2.45, 2.75) is 13.1 Å². The van der Waals surface area contributed by atoms with Crippen LogP contribution in [-0.2, 0) is 18.0 Å². The van der Waals surface area contributed by atoms with Gasteiger partial charge >= 0.3 is 6.18 Å². The fourth-order valence-electron chi connectivity index (χ4n) is 3.62. The highest BCUT2D eigenvalue weighted by molar-refractivity contribution is 6.08. The molecule has 0 saturated carbocycles. The molecule has 6 nitrogen and oxygen atoms in total. The van der Waals surface area contributed by atoms with Crippen LogP contribution in [0.5, 0.6) is 0 Å². The molecule has 1 aromatic carbocycles. The maximum atomic E-state index is 13.0. The minimum absolute atomic E-state index is 0.116. The molecule has 3 aromatic rings. The summed E-state index contributed by atoms with van der Waals surface area (Å²) in [4.78, 5) is 19.2. The van der Waals surface area contributed by atoms with Crippen LogP contribution in [0.3, 0.4) is 0 Å². The summed E-state index contributed by atoms with van der Waals surface area (Å²) in [6, 6.07) is 5.36. The number of aryl methyl sites for hydroxylation is 2. The number of nitrogens with one attached hydrogen (secondary N) is 1. The van der Waals surface area contributed by atoms with Gasteiger partial charge in [0, 0.05) is 43.6 Å². The molecule has 2 aromatic heterocycles. The van der Waals surface area contributed by atoms with Gasteiger partial charge in [-0.2, -0.15) is 13.2 Å². The average Bonchev–Trinajstić information content (AvgIpc) is 3.11. The van der Waals surface area contributed by atoms with E-state index in [1.165, 1.54) is 12.3 Å². The smallest absolute Gasteiger partial charge is 0.378 e. The summed E-state index contributed by atoms with van der Waals surface area (Å²) in [6.45, 7) is 3.66. The molecule has 9 heteroatoms. The van der Waals surface area contributed by atoms with Gasteiger partial charge in [0.05, 0.1) is 29.9 Å². The lowest BCUT2D eigenvalue weighted by Gasteiger charge is -2.27. The first-order chi connectivity index (χ1) is 14.3. The average molecular weight is 418 g/mol. The Morgan fingerprint density at radius 3 is 2.60 bits per heavy atom. The molecule has 3 heterocycles. The van der Waals surface area contributed by atoms with Crippen LogP contribution in [0.15, 0.2) is 36.7 Å². The first-order valence-corrected chi connectivity index (χ1v) is 9.51. The molecule has 0 radical (unpaired) electrons. The number of hydrogen-bond donors (Lipinski definition) is 1. The predicted molar refractivity (Wildman–Crippen MR) is 107 cm³/mol. The van der Waals surface area contributed by atoms with Gasteiger partial charge in [0.15, 0.2) is 0 Å². The lowest BCUT2D eigenvalue weighted by Crippen LogP contribution is -2.40. The van der Waals surface area contributed by atoms with Crippen molar-refractivity contribution in [3.8, 4) is 0 Å². The number of fused-ring (bicyclic) bond motifs is 1. The summed E-state index contributed by atoms with van der Waals surface area (Å²) in [5, 5.41) is 3.83. The number of halogens is 3. The van der Waals surface area contributed by atoms with Gasteiger partial charge in [0.25, 0.3) is 5.91 Å². The Bertz CT molecular complexity index is 1100. The summed E-state index contributed by atoms with van der Waals surface area (Å²) < 4.78 is 46.0. The minimum atomic E-state index is -4.39. The number of amides is 1. The number of pyridine rings is 1. The minimum Gasteiger partial charge on any atom is -0.378 e. The third-order valence-electron chi connectivity index (χ3n) is 5.24. The van der Waals surface area contributed by atoms with E-state index in [9.17, 15) is 18.0 Å². The normalized spacial score (nSPS) is 14.9. The molecule has 1 aliphatic rings. The zero-order valence-corrected chi connectivity index (χ0v) is 16.6. The molecule has 0 aliphatic carbocycles. The van der Waals surface area contributed by atoms with E-state index in [1.54, 1.807) is 11.8 Å². The van der Waals surface area contributed by atoms with Crippen molar-refractivity contribution >= 4 is 28.3 Å². The summed E-state index contributed by atoms with van der Waals surface area (Å²) in [5.74, 6) is 0.363. The van der Waals surface area contributed by atoms with E-state index in [0.717, 1.165) is 17.5 Å². The largest absolute Gasteiger partial charge is 0.416 e. The second-order valence-corrected chi connectivity index (χ2v) is 7.27. The Kier molecular flexibility index (Phi) is 5.15. The van der Waals surface area contributed by atoms with Gasteiger partial charge in [-0.05, 0) is 36.8 Å². The molecule has 0 bridgehead atoms. The molecule has 1 fully saturated rings. The van der Waals surface area contributed by atoms with Crippen molar-refractivity contribution in [3.05, 3.63) is 53.3 Å². The van der Waals surface area contributed by atoms with E-state index >= 15 is 0 Å². The van der Waals surface area contributed by atoms with E-state index < -0.39 is 11.7 Å². The van der Waals surface area contributed by atoms with E-state index in [0.29, 0.717) is 54.5 Å². The van der Waals surface area contributed by atoms with Crippen molar-refractivity contribution in [1.82, 2.24) is 14.5 Å². The van der Waals surface area contributed by atoms with Crippen LogP contribution in [-0.4, -0.2) is 46.7 Å². The van der Waals surface area contributed by atoms with Gasteiger partial charge in [-0.15, -0.1) is 0 Å². The van der Waals surface area contributed by atoms with E-state index in [4.69, 9.17) is 4.74 Å². The molecule has 158 valence electrons. The summed E-state index contributed by atoms with van der Waals surface area (Å²) >= 11 is 0. The van der Waals surface area contributed by atoms with Crippen LogP contribution in [0.1, 0.15) is 21.5 Å². The predicted octanol–water partition coefficient (Wildman–Crippen LogP) is 4.12. The highest BCUT2D eigenvalue weighted by Crippen LogP contribution is 2.34. The van der Waals surface area contributed by atoms with Crippen molar-refractivity contribution in [1.29, 1.82) is 0 Å². The third kappa shape index (κ3) is 3.72. The SMILES string of the molecule is Cc1cc(C(F)(F)F)ccc1Nc1ncc(C(=O)N2CCOCC2)c2c1ccn2C. The number of hydrogen-bond acceptors (Lipinski definition) is 4. The number of carbonyl (C=O) groups excluding carboxylic acids is 1. The first-order valence-electron chi connectivity index (χ1n) is 9.51. The number of benzene rings is 1. The number of morpholine rings is 1. The van der Waals surface area contributed by atoms with Crippen LogP contribution in [0, 0.1) is 6.92 Å². The third-order valence-corrected chi connectivity index (χ3v) is 5.24. The highest BCUT2D eigenvalue weighted by Gasteiger charge is 2.30. The van der Waals surface area contributed by atoms with E-state index in [-0.39, 0.29) is 5.91 Å². The Balaban J connectivity index is 1.69. The van der Waals surface area contributed by atoms with Gasteiger partial charge in [0.1, 0.15) is 5.82 Å². The maximum Gasteiger partial charge on any atom is 0.416 e. The van der Waals surface area contributed by atoms with Crippen molar-refractivity contribution in [3.63, 3.8) is 0 Å². The van der Waals surface area contributed by atoms with Gasteiger partial charge in [-0.25, -0.2) is 4.98 Å². The van der Waals surface area contributed by atoms with Crippen LogP contribution < -0.4 is 5.32 Å². The number of nitrogens with zero attached hydrogens (tertiary/aromatic N) is 3. The number of rotatable bonds is 3. The molecule has 1 saturated heterocycles. The van der Waals surface area contributed by atoms with Crippen LogP contribution >= 0.6 is 0 Å². The van der Waals surface area contributed by atoms with Gasteiger partial charge in [-0.3, -0.25) is 4.79 Å². The molecule has 1 amide bonds. The van der Waals surface area contributed by atoms with Crippen LogP contribution in [0.4, 0.5) is 24.7 Å². The molecule has 4 rings (SSSR count). The van der Waals surface area contributed by atoms with Crippen LogP contribution in [0.25, 0.3) is 10.9 Å². The van der Waals surface area contributed by atoms with Crippen molar-refractivity contribution in [2.75, 3.05) is 31.6 Å². The van der Waals surface area contributed by atoms with E-state index in [1.807, 2.05) is 23.9 Å². The topological polar surface area (TPSA) is 59.4 Å². The van der Waals surface area contributed by atoms with Gasteiger partial charge in [-0.1, -0.05) is 0 Å². The Hall–Kier alpha value is -3.07. The maximum absolute atomic E-state index is 13.0. The standard InChI is InChI=1S/C21H21F3N4O2/c1-13-11-14(21(22,23)24)3-4-17(13)26-19-15-5-6-27(2)18(15)16(12-25-19)20(29)28-7-9-30-10-8-28/h3-6,11-12H,7-10H2,1-2H3,(H,25,26). The fourth-order valence-corrected chi connectivity index (χ4v) is 3.62. The molecular weight excluding hydrogens is 397 g/mol. The van der Waals surface area contributed by atoms with Crippen molar-refractivity contribution < 1.29 is 22.7 Å². The summed E-state index contributed by atoms with van der Waals surface area (Å²) in [7, 11) is 1.84. The lowest BCUT2D eigenvalue weighted by atomic mass is 10.1. The summed E-state index contributed by atoms with van der Waals surface area (Å²) in [5.41, 5.74) is 1.47. The number of alkyl halides is 3. The number of carbonyl (C=O) groups is 1. The molecule has 0 spiro atoms. The van der Waals surface area contributed by atoms with Crippen molar-refractivity contribution in [2.24, 2.45) is 7.05 Å². The molecule has 0 unspecified atom stereocenters. The second-order valence-electron chi connectivity index (χ2n) is 7.27. The molecule has 1 N–H and O–H groups in total. The van der Waals surface area contributed by atoms with Gasteiger partial charge in [0.2, 0.25) is 0 Å². The Morgan fingerprint density at radius 2 is 1.93 bits per heavy atom. The Morgan fingerprint density at radius 1 is 1.20 bits per heavy atom. The molecule has 1 aliphatic heterocycles. The lowest BCUT2D eigenvalue weighted by molar-refractivity contribution is -0.137. The van der Waals surface area contributed by atoms with Crippen LogP contribution in [0.2, 0.25) is 0 Å². The fraction of sp³-hybridized carbons (Fsp3) is 0.333. The van der Waals surface area contributed by atoms with Gasteiger partial charge < -0.3 is 19.5 Å². The molecule has 0 atom stereocenters. The second kappa shape index (κ2) is 7.64. The monoisotopic (exact) mass is 418 g/mol. The summed E-state index contributed by atoms with van der Waals surface area (Å²) in [6.07, 6.45) is -1.05. The Labute approximate surface area is 171 Å². The van der Waals surface area contributed by atoms with E-state index in [2.05, 4.69) is 10.3 Å². The zero-order valence-electron chi connectivity index (χ0n) is 16.6. The molecule has 30 heavy (non-hydrogen) atoms. The number of anilines is 2. The zero-order chi connectivity index (χ0) is 21.5. The molecular formula is C21H21F3N4O2. The number of ether oxygens (including phenoxy) is 1. The quantitative estimate of drug-likeness (QED) is 0.695.